The van der Waals surface area contributed by atoms with E-state index in [-0.39, 0.29) is 18.4 Å². The molecule has 0 spiro atoms. The molecule has 0 aliphatic carbocycles. The van der Waals surface area contributed by atoms with Crippen molar-refractivity contribution in [3.05, 3.63) is 60.2 Å². The number of nitrogens with zero attached hydrogens (tertiary/aromatic N) is 1. The first-order chi connectivity index (χ1) is 12.0. The minimum atomic E-state index is -0.647. The third-order valence-corrected chi connectivity index (χ3v) is 5.77. The zero-order valence-corrected chi connectivity index (χ0v) is 16.2. The summed E-state index contributed by atoms with van der Waals surface area (Å²) < 4.78 is 0.626. The van der Waals surface area contributed by atoms with Gasteiger partial charge in [-0.15, -0.1) is 0 Å². The summed E-state index contributed by atoms with van der Waals surface area (Å²) in [5.74, 6) is 0.741. The van der Waals surface area contributed by atoms with Crippen molar-refractivity contribution < 1.29 is 9.90 Å². The quantitative estimate of drug-likeness (QED) is 0.548. The largest absolute Gasteiger partial charge is 0.393 e. The molecule has 1 amide bonds. The van der Waals surface area contributed by atoms with Gasteiger partial charge in [-0.3, -0.25) is 9.69 Å². The summed E-state index contributed by atoms with van der Waals surface area (Å²) in [5.41, 5.74) is 2.34. The van der Waals surface area contributed by atoms with Crippen molar-refractivity contribution in [1.82, 2.24) is 4.90 Å². The molecular weight excluding hydrogens is 350 g/mol. The fourth-order valence-electron chi connectivity index (χ4n) is 2.88. The number of amides is 1. The van der Waals surface area contributed by atoms with Crippen LogP contribution in [0.2, 0.25) is 0 Å². The number of hydrogen-bond donors (Lipinski definition) is 1. The maximum atomic E-state index is 12.7. The molecular formula is C20H25NO2S2. The Hall–Kier alpha value is -1.43. The van der Waals surface area contributed by atoms with Crippen molar-refractivity contribution in [3.63, 3.8) is 0 Å². The Labute approximate surface area is 159 Å². The van der Waals surface area contributed by atoms with E-state index in [1.54, 1.807) is 22.7 Å². The second-order valence-electron chi connectivity index (χ2n) is 6.33. The third kappa shape index (κ3) is 6.10. The molecule has 5 heteroatoms. The topological polar surface area (TPSA) is 40.5 Å². The van der Waals surface area contributed by atoms with E-state index in [4.69, 9.17) is 12.2 Å². The van der Waals surface area contributed by atoms with Gasteiger partial charge in [0.25, 0.3) is 0 Å². The highest BCUT2D eigenvalue weighted by Gasteiger charge is 2.34. The average molecular weight is 376 g/mol. The molecule has 2 atom stereocenters. The molecule has 0 radical (unpaired) electrons. The molecule has 3 nitrogen and oxygen atoms in total. The summed E-state index contributed by atoms with van der Waals surface area (Å²) in [7, 11) is 0. The number of thioether (sulfide) groups is 1. The molecule has 1 fully saturated rings. The fourth-order valence-corrected chi connectivity index (χ4v) is 4.33. The van der Waals surface area contributed by atoms with Gasteiger partial charge in [0.15, 0.2) is 0 Å². The molecule has 0 bridgehead atoms. The van der Waals surface area contributed by atoms with Crippen LogP contribution in [0.1, 0.15) is 31.7 Å². The predicted octanol–water partition coefficient (Wildman–Crippen LogP) is 4.12. The number of rotatable bonds is 8. The number of aliphatic hydroxyl groups is 1. The van der Waals surface area contributed by atoms with Gasteiger partial charge in [0.2, 0.25) is 5.91 Å². The number of carbonyl (C=O) groups excluding carboxylic acids is 1. The van der Waals surface area contributed by atoms with Crippen molar-refractivity contribution >= 4 is 34.2 Å². The van der Waals surface area contributed by atoms with Gasteiger partial charge in [0, 0.05) is 5.75 Å². The first-order valence-corrected chi connectivity index (χ1v) is 9.89. The Balaban J connectivity index is 1.92. The summed E-state index contributed by atoms with van der Waals surface area (Å²) in [6, 6.07) is 10.2. The zero-order chi connectivity index (χ0) is 18.2. The first kappa shape index (κ1) is 19.9. The number of carbonyl (C=O) groups is 1. The average Bonchev–Trinajstić information content (AvgIpc) is 2.94. The zero-order valence-electron chi connectivity index (χ0n) is 14.6. The lowest BCUT2D eigenvalue weighted by Crippen LogP contribution is -2.41. The highest BCUT2D eigenvalue weighted by atomic mass is 32.2. The second kappa shape index (κ2) is 9.90. The Morgan fingerprint density at radius 1 is 1.48 bits per heavy atom. The second-order valence-corrected chi connectivity index (χ2v) is 7.98. The van der Waals surface area contributed by atoms with Crippen molar-refractivity contribution in [2.75, 3.05) is 5.75 Å². The van der Waals surface area contributed by atoms with Gasteiger partial charge in [-0.05, 0) is 31.7 Å². The molecule has 25 heavy (non-hydrogen) atoms. The molecule has 1 N–H and O–H groups in total. The lowest BCUT2D eigenvalue weighted by Gasteiger charge is -2.25. The molecule has 1 saturated heterocycles. The van der Waals surface area contributed by atoms with Gasteiger partial charge in [0.05, 0.1) is 18.6 Å². The molecule has 1 aliphatic rings. The van der Waals surface area contributed by atoms with Crippen LogP contribution in [0.4, 0.5) is 0 Å². The third-order valence-electron chi connectivity index (χ3n) is 4.23. The lowest BCUT2D eigenvalue weighted by atomic mass is 10.0. The van der Waals surface area contributed by atoms with E-state index in [1.807, 2.05) is 31.2 Å². The summed E-state index contributed by atoms with van der Waals surface area (Å²) >= 11 is 6.92. The smallest absolute Gasteiger partial charge is 0.230 e. The van der Waals surface area contributed by atoms with Gasteiger partial charge in [0.1, 0.15) is 4.32 Å². The number of allylic oxidation sites excluding steroid dienone is 3. The van der Waals surface area contributed by atoms with Crippen LogP contribution in [-0.2, 0) is 11.2 Å². The van der Waals surface area contributed by atoms with Crippen LogP contribution >= 0.6 is 24.0 Å². The maximum absolute atomic E-state index is 12.7. The first-order valence-electron chi connectivity index (χ1n) is 8.50. The van der Waals surface area contributed by atoms with E-state index in [1.165, 1.54) is 5.56 Å². The standard InChI is InChI=1S/C20H25NO2S2/c1-3-7-15(2)10-11-18(22)13-19(23)21-17(14-25-20(21)24)12-16-8-5-4-6-9-16/h3-9,17-18,22H,1,10-14H2,2H3/b15-7+/t17-,18?/m1/s1. The molecule has 1 aromatic rings. The van der Waals surface area contributed by atoms with Crippen LogP contribution in [0.3, 0.4) is 0 Å². The fraction of sp³-hybridized carbons (Fsp3) is 0.400. The number of aliphatic hydroxyl groups excluding tert-OH is 1. The highest BCUT2D eigenvalue weighted by Crippen LogP contribution is 2.28. The van der Waals surface area contributed by atoms with E-state index in [0.717, 1.165) is 24.2 Å². The van der Waals surface area contributed by atoms with E-state index >= 15 is 0 Å². The molecule has 0 saturated carbocycles. The number of hydrogen-bond acceptors (Lipinski definition) is 4. The minimum absolute atomic E-state index is 0.0713. The van der Waals surface area contributed by atoms with Gasteiger partial charge < -0.3 is 5.11 Å². The van der Waals surface area contributed by atoms with Crippen LogP contribution in [0.15, 0.2) is 54.6 Å². The van der Waals surface area contributed by atoms with E-state index < -0.39 is 6.10 Å². The minimum Gasteiger partial charge on any atom is -0.393 e. The Bertz CT molecular complexity index is 642. The molecule has 1 aliphatic heterocycles. The van der Waals surface area contributed by atoms with E-state index in [2.05, 4.69) is 18.7 Å². The number of thiocarbonyl (C=S) groups is 1. The molecule has 0 aromatic heterocycles. The summed E-state index contributed by atoms with van der Waals surface area (Å²) in [6.07, 6.45) is 5.25. The van der Waals surface area contributed by atoms with Crippen molar-refractivity contribution in [1.29, 1.82) is 0 Å². The molecule has 1 unspecified atom stereocenters. The van der Waals surface area contributed by atoms with Gasteiger partial charge in [-0.25, -0.2) is 0 Å². The van der Waals surface area contributed by atoms with E-state index in [9.17, 15) is 9.90 Å². The van der Waals surface area contributed by atoms with Crippen LogP contribution in [-0.4, -0.2) is 38.1 Å². The van der Waals surface area contributed by atoms with Crippen LogP contribution in [0.25, 0.3) is 0 Å². The summed E-state index contributed by atoms with van der Waals surface area (Å²) in [4.78, 5) is 14.4. The van der Waals surface area contributed by atoms with Crippen LogP contribution < -0.4 is 0 Å². The maximum Gasteiger partial charge on any atom is 0.230 e. The number of benzene rings is 1. The van der Waals surface area contributed by atoms with Gasteiger partial charge >= 0.3 is 0 Å². The monoisotopic (exact) mass is 375 g/mol. The van der Waals surface area contributed by atoms with Gasteiger partial charge in [-0.1, -0.05) is 78.6 Å². The van der Waals surface area contributed by atoms with Crippen molar-refractivity contribution in [3.8, 4) is 0 Å². The molecule has 134 valence electrons. The summed E-state index contributed by atoms with van der Waals surface area (Å²) in [6.45, 7) is 5.66. The highest BCUT2D eigenvalue weighted by molar-refractivity contribution is 8.23. The predicted molar refractivity (Wildman–Crippen MR) is 110 cm³/mol. The summed E-state index contributed by atoms with van der Waals surface area (Å²) in [5, 5.41) is 10.2. The molecule has 2 rings (SSSR count). The van der Waals surface area contributed by atoms with Crippen LogP contribution in [0, 0.1) is 0 Å². The normalized spacial score (nSPS) is 19.1. The van der Waals surface area contributed by atoms with Gasteiger partial charge in [-0.2, -0.15) is 0 Å². The molecule has 1 aromatic carbocycles. The Kier molecular flexibility index (Phi) is 7.88. The SMILES string of the molecule is C=C/C=C(\C)CCC(O)CC(=O)N1C(=S)SC[C@H]1Cc1ccccc1. The van der Waals surface area contributed by atoms with Crippen LogP contribution in [0.5, 0.6) is 0 Å². The Morgan fingerprint density at radius 3 is 2.88 bits per heavy atom. The molecule has 1 heterocycles. The van der Waals surface area contributed by atoms with E-state index in [0.29, 0.717) is 10.7 Å². The van der Waals surface area contributed by atoms with Crippen molar-refractivity contribution in [2.45, 2.75) is 44.8 Å². The van der Waals surface area contributed by atoms with Crippen molar-refractivity contribution in [2.24, 2.45) is 0 Å². The lowest BCUT2D eigenvalue weighted by molar-refractivity contribution is -0.130. The Morgan fingerprint density at radius 2 is 2.20 bits per heavy atom.